The number of carbonyl (C=O) groups is 1. The summed E-state index contributed by atoms with van der Waals surface area (Å²) < 4.78 is 11.2. The van der Waals surface area contributed by atoms with Crippen LogP contribution in [0, 0.1) is 0 Å². The first kappa shape index (κ1) is 55.4. The molecule has 7 unspecified atom stereocenters. The van der Waals surface area contributed by atoms with Crippen LogP contribution in [0.4, 0.5) is 0 Å². The van der Waals surface area contributed by atoms with Gasteiger partial charge in [0.25, 0.3) is 0 Å². The van der Waals surface area contributed by atoms with E-state index in [0.29, 0.717) is 6.42 Å². The van der Waals surface area contributed by atoms with Crippen LogP contribution in [0.15, 0.2) is 36.5 Å². The Balaban J connectivity index is 2.35. The van der Waals surface area contributed by atoms with Crippen LogP contribution < -0.4 is 5.32 Å². The maximum atomic E-state index is 13.0. The molecule has 1 aliphatic rings. The van der Waals surface area contributed by atoms with Crippen LogP contribution in [0.1, 0.15) is 219 Å². The number of hydrogen-bond donors (Lipinski definition) is 6. The number of hydrogen-bond acceptors (Lipinski definition) is 8. The van der Waals surface area contributed by atoms with Crippen molar-refractivity contribution in [1.82, 2.24) is 5.32 Å². The SMILES string of the molecule is CCCCCCCCCC/C=C\CCCCCCCCCC(=O)NC(COC1OC(CO)C(O)C(O)C1O)C(O)/C=C/CC/C=C/CCCCCCCCCCCCC. The third kappa shape index (κ3) is 31.0. The highest BCUT2D eigenvalue weighted by molar-refractivity contribution is 5.76. The molecule has 7 atom stereocenters. The number of carbonyl (C=O) groups excluding carboxylic acids is 1. The summed E-state index contributed by atoms with van der Waals surface area (Å²) in [6.07, 6.45) is 43.3. The van der Waals surface area contributed by atoms with Crippen molar-refractivity contribution in [3.63, 3.8) is 0 Å². The molecule has 9 nitrogen and oxygen atoms in total. The zero-order valence-corrected chi connectivity index (χ0v) is 38.0. The van der Waals surface area contributed by atoms with Crippen molar-refractivity contribution in [1.29, 1.82) is 0 Å². The molecule has 1 heterocycles. The van der Waals surface area contributed by atoms with Crippen LogP contribution in [0.5, 0.6) is 0 Å². The van der Waals surface area contributed by atoms with Crippen molar-refractivity contribution in [3.8, 4) is 0 Å². The Kier molecular flexibility index (Phi) is 38.0. The van der Waals surface area contributed by atoms with E-state index < -0.39 is 49.5 Å². The summed E-state index contributed by atoms with van der Waals surface area (Å²) >= 11 is 0. The smallest absolute Gasteiger partial charge is 0.220 e. The van der Waals surface area contributed by atoms with Gasteiger partial charge >= 0.3 is 0 Å². The maximum Gasteiger partial charge on any atom is 0.220 e. The monoisotopic (exact) mass is 836 g/mol. The molecule has 0 bridgehead atoms. The molecule has 0 radical (unpaired) electrons. The molecule has 0 spiro atoms. The summed E-state index contributed by atoms with van der Waals surface area (Å²) in [6.45, 7) is 3.76. The lowest BCUT2D eigenvalue weighted by Crippen LogP contribution is -2.60. The normalized spacial score (nSPS) is 21.0. The van der Waals surface area contributed by atoms with Gasteiger partial charge in [0.15, 0.2) is 6.29 Å². The number of amides is 1. The molecule has 1 rings (SSSR count). The molecule has 0 aromatic rings. The fraction of sp³-hybridized carbons (Fsp3) is 0.860. The maximum absolute atomic E-state index is 13.0. The average molecular weight is 836 g/mol. The molecule has 0 aliphatic carbocycles. The van der Waals surface area contributed by atoms with Gasteiger partial charge in [-0.1, -0.05) is 192 Å². The van der Waals surface area contributed by atoms with Crippen LogP contribution in [0.25, 0.3) is 0 Å². The number of ether oxygens (including phenoxy) is 2. The van der Waals surface area contributed by atoms with Gasteiger partial charge in [-0.2, -0.15) is 0 Å². The van der Waals surface area contributed by atoms with E-state index in [0.717, 1.165) is 51.4 Å². The highest BCUT2D eigenvalue weighted by Gasteiger charge is 2.44. The van der Waals surface area contributed by atoms with Gasteiger partial charge in [0, 0.05) is 6.42 Å². The number of aliphatic hydroxyl groups excluding tert-OH is 5. The van der Waals surface area contributed by atoms with Gasteiger partial charge in [0.05, 0.1) is 25.4 Å². The van der Waals surface area contributed by atoms with Gasteiger partial charge in [-0.3, -0.25) is 4.79 Å². The predicted octanol–water partition coefficient (Wildman–Crippen LogP) is 10.8. The van der Waals surface area contributed by atoms with E-state index in [1.807, 2.05) is 6.08 Å². The zero-order chi connectivity index (χ0) is 43.0. The lowest BCUT2D eigenvalue weighted by molar-refractivity contribution is -0.302. The number of nitrogens with one attached hydrogen (secondary N) is 1. The van der Waals surface area contributed by atoms with Crippen LogP contribution >= 0.6 is 0 Å². The van der Waals surface area contributed by atoms with Crippen molar-refractivity contribution >= 4 is 5.91 Å². The van der Waals surface area contributed by atoms with Gasteiger partial charge in [-0.05, 0) is 57.8 Å². The summed E-state index contributed by atoms with van der Waals surface area (Å²) in [5.74, 6) is -0.191. The zero-order valence-electron chi connectivity index (χ0n) is 38.0. The molecular formula is C50H93NO8. The van der Waals surface area contributed by atoms with Crippen molar-refractivity contribution in [2.45, 2.75) is 262 Å². The van der Waals surface area contributed by atoms with Crippen molar-refractivity contribution < 1.29 is 39.8 Å². The Bertz CT molecular complexity index is 1020. The second kappa shape index (κ2) is 40.5. The molecule has 1 amide bonds. The Morgan fingerprint density at radius 3 is 1.42 bits per heavy atom. The first-order valence-corrected chi connectivity index (χ1v) is 24.7. The molecular weight excluding hydrogens is 743 g/mol. The standard InChI is InChI=1S/C50H93NO8/c1-3-5-7-9-11-13-15-17-19-21-22-24-26-28-30-32-34-36-38-40-46(54)51-43(42-58-50-49(57)48(56)47(55)45(41-52)59-50)44(53)39-37-35-33-31-29-27-25-23-20-18-16-14-12-10-8-6-4-2/h21-22,29,31,37,39,43-45,47-50,52-53,55-57H,3-20,23-28,30,32-36,38,40-42H2,1-2H3,(H,51,54)/b22-21-,31-29+,39-37+. The fourth-order valence-corrected chi connectivity index (χ4v) is 7.70. The van der Waals surface area contributed by atoms with E-state index in [2.05, 4.69) is 43.5 Å². The molecule has 0 aromatic carbocycles. The summed E-state index contributed by atoms with van der Waals surface area (Å²) in [7, 11) is 0. The first-order valence-electron chi connectivity index (χ1n) is 24.7. The van der Waals surface area contributed by atoms with Crippen LogP contribution in [0.3, 0.4) is 0 Å². The topological polar surface area (TPSA) is 149 Å². The van der Waals surface area contributed by atoms with E-state index in [1.54, 1.807) is 6.08 Å². The predicted molar refractivity (Wildman–Crippen MR) is 244 cm³/mol. The lowest BCUT2D eigenvalue weighted by atomic mass is 9.99. The van der Waals surface area contributed by atoms with Crippen molar-refractivity contribution in [3.05, 3.63) is 36.5 Å². The van der Waals surface area contributed by atoms with Crippen LogP contribution in [-0.4, -0.2) is 87.5 Å². The van der Waals surface area contributed by atoms with E-state index in [1.165, 1.54) is 148 Å². The largest absolute Gasteiger partial charge is 0.394 e. The summed E-state index contributed by atoms with van der Waals surface area (Å²) in [5, 5.41) is 54.2. The van der Waals surface area contributed by atoms with E-state index in [-0.39, 0.29) is 12.5 Å². The Labute approximate surface area is 361 Å². The number of aliphatic hydroxyl groups is 5. The van der Waals surface area contributed by atoms with Gasteiger partial charge in [0.2, 0.25) is 5.91 Å². The molecule has 9 heteroatoms. The van der Waals surface area contributed by atoms with Crippen LogP contribution in [0.2, 0.25) is 0 Å². The van der Waals surface area contributed by atoms with Crippen molar-refractivity contribution in [2.75, 3.05) is 13.2 Å². The lowest BCUT2D eigenvalue weighted by Gasteiger charge is -2.40. The number of unbranched alkanes of at least 4 members (excludes halogenated alkanes) is 27. The molecule has 0 aromatic heterocycles. The third-order valence-electron chi connectivity index (χ3n) is 11.7. The first-order chi connectivity index (χ1) is 28.8. The minimum absolute atomic E-state index is 0.191. The minimum Gasteiger partial charge on any atom is -0.394 e. The van der Waals surface area contributed by atoms with Crippen molar-refractivity contribution in [2.24, 2.45) is 0 Å². The quantitative estimate of drug-likeness (QED) is 0.0263. The molecule has 6 N–H and O–H groups in total. The van der Waals surface area contributed by atoms with Gasteiger partial charge in [-0.15, -0.1) is 0 Å². The molecule has 346 valence electrons. The van der Waals surface area contributed by atoms with E-state index >= 15 is 0 Å². The average Bonchev–Trinajstić information content (AvgIpc) is 3.23. The van der Waals surface area contributed by atoms with E-state index in [4.69, 9.17) is 9.47 Å². The molecule has 59 heavy (non-hydrogen) atoms. The second-order valence-corrected chi connectivity index (χ2v) is 17.2. The molecule has 1 aliphatic heterocycles. The van der Waals surface area contributed by atoms with Gasteiger partial charge in [0.1, 0.15) is 24.4 Å². The summed E-state index contributed by atoms with van der Waals surface area (Å²) in [5.41, 5.74) is 0. The summed E-state index contributed by atoms with van der Waals surface area (Å²) in [6, 6.07) is -0.822. The second-order valence-electron chi connectivity index (χ2n) is 17.2. The summed E-state index contributed by atoms with van der Waals surface area (Å²) in [4.78, 5) is 13.0. The third-order valence-corrected chi connectivity index (χ3v) is 11.7. The number of allylic oxidation sites excluding steroid dienone is 5. The highest BCUT2D eigenvalue weighted by Crippen LogP contribution is 2.23. The van der Waals surface area contributed by atoms with Gasteiger partial charge < -0.3 is 40.3 Å². The Morgan fingerprint density at radius 1 is 0.559 bits per heavy atom. The van der Waals surface area contributed by atoms with Gasteiger partial charge in [-0.25, -0.2) is 0 Å². The Morgan fingerprint density at radius 2 is 0.966 bits per heavy atom. The molecule has 1 fully saturated rings. The Hall–Kier alpha value is -1.59. The minimum atomic E-state index is -1.57. The number of rotatable bonds is 41. The van der Waals surface area contributed by atoms with Crippen LogP contribution in [-0.2, 0) is 14.3 Å². The highest BCUT2D eigenvalue weighted by atomic mass is 16.7. The molecule has 0 saturated carbocycles. The molecule has 1 saturated heterocycles. The van der Waals surface area contributed by atoms with E-state index in [9.17, 15) is 30.3 Å². The fourth-order valence-electron chi connectivity index (χ4n) is 7.70.